The van der Waals surface area contributed by atoms with E-state index >= 15 is 0 Å². The summed E-state index contributed by atoms with van der Waals surface area (Å²) in [5.41, 5.74) is 1.96. The van der Waals surface area contributed by atoms with Gasteiger partial charge >= 0.3 is 5.97 Å². The summed E-state index contributed by atoms with van der Waals surface area (Å²) < 4.78 is 4.69. The summed E-state index contributed by atoms with van der Waals surface area (Å²) in [5.74, 6) is 7.02. The predicted octanol–water partition coefficient (Wildman–Crippen LogP) is -0.112. The van der Waals surface area contributed by atoms with Gasteiger partial charge < -0.3 is 4.74 Å². The fraction of sp³-hybridized carbons (Fsp3) is 0.857. The molecule has 0 aromatic heterocycles. The minimum atomic E-state index is -0.625. The summed E-state index contributed by atoms with van der Waals surface area (Å²) in [4.78, 5) is 11.3. The molecule has 1 rings (SSSR count). The molecule has 70 valence electrons. The lowest BCUT2D eigenvalue weighted by atomic mass is 9.93. The fourth-order valence-electron chi connectivity index (χ4n) is 1.32. The Morgan fingerprint density at radius 3 is 2.58 bits per heavy atom. The zero-order valence-corrected chi connectivity index (χ0v) is 7.95. The minimum absolute atomic E-state index is 0.245. The van der Waals surface area contributed by atoms with Gasteiger partial charge in [-0.25, -0.2) is 5.43 Å². The van der Waals surface area contributed by atoms with Gasteiger partial charge in [0.1, 0.15) is 5.54 Å². The van der Waals surface area contributed by atoms with Gasteiger partial charge in [-0.2, -0.15) is 11.8 Å². The lowest BCUT2D eigenvalue weighted by molar-refractivity contribution is -0.149. The van der Waals surface area contributed by atoms with E-state index in [1.54, 1.807) is 0 Å². The molecule has 1 fully saturated rings. The van der Waals surface area contributed by atoms with Crippen molar-refractivity contribution in [1.29, 1.82) is 0 Å². The van der Waals surface area contributed by atoms with Crippen LogP contribution < -0.4 is 11.3 Å². The van der Waals surface area contributed by atoms with Gasteiger partial charge in [0.2, 0.25) is 0 Å². The van der Waals surface area contributed by atoms with Gasteiger partial charge in [0.25, 0.3) is 0 Å². The molecule has 0 aromatic rings. The molecule has 5 heteroatoms. The molecule has 0 aromatic carbocycles. The second-order valence-electron chi connectivity index (χ2n) is 2.83. The molecule has 1 aliphatic rings. The highest BCUT2D eigenvalue weighted by molar-refractivity contribution is 7.99. The maximum atomic E-state index is 11.3. The quantitative estimate of drug-likeness (QED) is 0.361. The van der Waals surface area contributed by atoms with E-state index in [0.717, 1.165) is 24.3 Å². The van der Waals surface area contributed by atoms with Crippen LogP contribution in [-0.2, 0) is 9.53 Å². The second-order valence-corrected chi connectivity index (χ2v) is 4.06. The van der Waals surface area contributed by atoms with E-state index in [9.17, 15) is 4.79 Å². The highest BCUT2D eigenvalue weighted by Gasteiger charge is 2.39. The number of hydrogen-bond acceptors (Lipinski definition) is 5. The van der Waals surface area contributed by atoms with Crippen molar-refractivity contribution >= 4 is 17.7 Å². The largest absolute Gasteiger partial charge is 0.468 e. The molecule has 0 bridgehead atoms. The summed E-state index contributed by atoms with van der Waals surface area (Å²) in [6.45, 7) is 0. The maximum absolute atomic E-state index is 11.3. The number of thioether (sulfide) groups is 1. The molecule has 0 spiro atoms. The van der Waals surface area contributed by atoms with Gasteiger partial charge in [0, 0.05) is 0 Å². The number of esters is 1. The van der Waals surface area contributed by atoms with Gasteiger partial charge in [0.15, 0.2) is 0 Å². The molecule has 4 nitrogen and oxygen atoms in total. The second kappa shape index (κ2) is 4.11. The molecule has 1 heterocycles. The first-order chi connectivity index (χ1) is 5.75. The number of ether oxygens (including phenoxy) is 1. The van der Waals surface area contributed by atoms with E-state index in [1.165, 1.54) is 7.11 Å². The van der Waals surface area contributed by atoms with Crippen molar-refractivity contribution in [3.63, 3.8) is 0 Å². The number of carbonyl (C=O) groups excluding carboxylic acids is 1. The number of nitrogens with two attached hydrogens (primary N) is 1. The van der Waals surface area contributed by atoms with Crippen LogP contribution >= 0.6 is 11.8 Å². The number of carbonyl (C=O) groups is 1. The Hall–Kier alpha value is -0.260. The first kappa shape index (κ1) is 9.83. The van der Waals surface area contributed by atoms with Gasteiger partial charge in [-0.1, -0.05) is 0 Å². The molecule has 0 atom stereocenters. The lowest BCUT2D eigenvalue weighted by Crippen LogP contribution is -2.57. The zero-order valence-electron chi connectivity index (χ0n) is 7.13. The molecule has 0 unspecified atom stereocenters. The maximum Gasteiger partial charge on any atom is 0.327 e. The summed E-state index contributed by atoms with van der Waals surface area (Å²) in [5, 5.41) is 0. The van der Waals surface area contributed by atoms with Crippen LogP contribution in [0.2, 0.25) is 0 Å². The molecule has 1 saturated heterocycles. The smallest absolute Gasteiger partial charge is 0.327 e. The fourth-order valence-corrected chi connectivity index (χ4v) is 2.51. The van der Waals surface area contributed by atoms with Crippen molar-refractivity contribution in [2.24, 2.45) is 5.84 Å². The van der Waals surface area contributed by atoms with Gasteiger partial charge in [-0.05, 0) is 24.3 Å². The Kier molecular flexibility index (Phi) is 3.37. The van der Waals surface area contributed by atoms with Crippen molar-refractivity contribution in [2.75, 3.05) is 18.6 Å². The van der Waals surface area contributed by atoms with Gasteiger partial charge in [-0.15, -0.1) is 0 Å². The minimum Gasteiger partial charge on any atom is -0.468 e. The highest BCUT2D eigenvalue weighted by atomic mass is 32.2. The predicted molar refractivity (Wildman–Crippen MR) is 48.6 cm³/mol. The third-order valence-electron chi connectivity index (χ3n) is 2.20. The number of methoxy groups -OCH3 is 1. The SMILES string of the molecule is COC(=O)C1(NN)CCSCC1. The van der Waals surface area contributed by atoms with Crippen molar-refractivity contribution < 1.29 is 9.53 Å². The van der Waals surface area contributed by atoms with Crippen LogP contribution in [0.3, 0.4) is 0 Å². The van der Waals surface area contributed by atoms with E-state index in [4.69, 9.17) is 10.6 Å². The lowest BCUT2D eigenvalue weighted by Gasteiger charge is -2.33. The monoisotopic (exact) mass is 190 g/mol. The Balaban J connectivity index is 2.66. The van der Waals surface area contributed by atoms with E-state index < -0.39 is 5.54 Å². The number of rotatable bonds is 2. The van der Waals surface area contributed by atoms with Crippen molar-refractivity contribution in [2.45, 2.75) is 18.4 Å². The van der Waals surface area contributed by atoms with E-state index in [2.05, 4.69) is 5.43 Å². The van der Waals surface area contributed by atoms with Crippen LogP contribution in [0.4, 0.5) is 0 Å². The topological polar surface area (TPSA) is 64.3 Å². The van der Waals surface area contributed by atoms with Crippen LogP contribution in [0.5, 0.6) is 0 Å². The average molecular weight is 190 g/mol. The molecule has 0 radical (unpaired) electrons. The average Bonchev–Trinajstić information content (AvgIpc) is 2.17. The number of nitrogens with one attached hydrogen (secondary N) is 1. The van der Waals surface area contributed by atoms with Gasteiger partial charge in [0.05, 0.1) is 7.11 Å². The van der Waals surface area contributed by atoms with E-state index in [1.807, 2.05) is 11.8 Å². The zero-order chi connectivity index (χ0) is 9.03. The molecule has 0 aliphatic carbocycles. The Labute approximate surface area is 76.2 Å². The summed E-state index contributed by atoms with van der Waals surface area (Å²) in [7, 11) is 1.39. The van der Waals surface area contributed by atoms with Crippen LogP contribution in [-0.4, -0.2) is 30.1 Å². The Morgan fingerprint density at radius 2 is 2.17 bits per heavy atom. The molecule has 12 heavy (non-hydrogen) atoms. The molecule has 0 saturated carbocycles. The first-order valence-electron chi connectivity index (χ1n) is 3.89. The highest BCUT2D eigenvalue weighted by Crippen LogP contribution is 2.27. The summed E-state index contributed by atoms with van der Waals surface area (Å²) >= 11 is 1.84. The number of hydrogen-bond donors (Lipinski definition) is 2. The van der Waals surface area contributed by atoms with E-state index in [-0.39, 0.29) is 5.97 Å². The molecule has 3 N–H and O–H groups in total. The van der Waals surface area contributed by atoms with E-state index in [0.29, 0.717) is 0 Å². The standard InChI is InChI=1S/C7H14N2O2S/c1-11-6(10)7(9-8)2-4-12-5-3-7/h9H,2-5,8H2,1H3. The third kappa shape index (κ3) is 1.73. The Bertz CT molecular complexity index is 169. The van der Waals surface area contributed by atoms with Crippen molar-refractivity contribution in [1.82, 2.24) is 5.43 Å². The Morgan fingerprint density at radius 1 is 1.58 bits per heavy atom. The molecule has 1 aliphatic heterocycles. The van der Waals surface area contributed by atoms with Crippen LogP contribution in [0.1, 0.15) is 12.8 Å². The molecule has 0 amide bonds. The van der Waals surface area contributed by atoms with Crippen molar-refractivity contribution in [3.8, 4) is 0 Å². The van der Waals surface area contributed by atoms with Crippen molar-refractivity contribution in [3.05, 3.63) is 0 Å². The van der Waals surface area contributed by atoms with Crippen LogP contribution in [0, 0.1) is 0 Å². The van der Waals surface area contributed by atoms with Crippen LogP contribution in [0.15, 0.2) is 0 Å². The third-order valence-corrected chi connectivity index (χ3v) is 3.18. The molecular formula is C7H14N2O2S. The van der Waals surface area contributed by atoms with Gasteiger partial charge in [-0.3, -0.25) is 10.6 Å². The first-order valence-corrected chi connectivity index (χ1v) is 5.04. The molecular weight excluding hydrogens is 176 g/mol. The number of hydrazine groups is 1. The normalized spacial score (nSPS) is 21.8. The van der Waals surface area contributed by atoms with Crippen LogP contribution in [0.25, 0.3) is 0 Å². The summed E-state index contributed by atoms with van der Waals surface area (Å²) in [6, 6.07) is 0. The summed E-state index contributed by atoms with van der Waals surface area (Å²) in [6.07, 6.45) is 1.50.